The molecule has 9 heteroatoms. The van der Waals surface area contributed by atoms with E-state index in [1.807, 2.05) is 13.0 Å². The number of aromatic nitrogens is 2. The van der Waals surface area contributed by atoms with Crippen molar-refractivity contribution in [2.24, 2.45) is 5.84 Å². The maximum Gasteiger partial charge on any atom is 0.335 e. The summed E-state index contributed by atoms with van der Waals surface area (Å²) in [6.45, 7) is 2.27. The average Bonchev–Trinajstić information content (AvgIpc) is 2.70. The summed E-state index contributed by atoms with van der Waals surface area (Å²) in [6, 6.07) is 11.8. The van der Waals surface area contributed by atoms with Gasteiger partial charge in [0.15, 0.2) is 5.82 Å². The second kappa shape index (κ2) is 7.80. The largest absolute Gasteiger partial charge is 0.493 e. The number of benzene rings is 2. The second-order valence-corrected chi connectivity index (χ2v) is 5.85. The highest BCUT2D eigenvalue weighted by Crippen LogP contribution is 2.34. The predicted octanol–water partition coefficient (Wildman–Crippen LogP) is 2.07. The summed E-state index contributed by atoms with van der Waals surface area (Å²) in [6.07, 6.45) is 0. The lowest BCUT2D eigenvalue weighted by Crippen LogP contribution is -2.20. The van der Waals surface area contributed by atoms with Crippen LogP contribution < -0.4 is 27.3 Å². The van der Waals surface area contributed by atoms with Crippen molar-refractivity contribution in [3.8, 4) is 28.3 Å². The zero-order chi connectivity index (χ0) is 20.3. The van der Waals surface area contributed by atoms with E-state index in [1.165, 1.54) is 12.1 Å². The van der Waals surface area contributed by atoms with Crippen LogP contribution in [0.3, 0.4) is 0 Å². The van der Waals surface area contributed by atoms with Crippen molar-refractivity contribution in [3.63, 3.8) is 0 Å². The molecule has 0 unspecified atom stereocenters. The monoisotopic (exact) mass is 381 g/mol. The lowest BCUT2D eigenvalue weighted by atomic mass is 10.0. The topological polar surface area (TPSA) is 156 Å². The van der Waals surface area contributed by atoms with Gasteiger partial charge in [-0.2, -0.15) is 0 Å². The van der Waals surface area contributed by atoms with Gasteiger partial charge in [-0.3, -0.25) is 4.79 Å². The van der Waals surface area contributed by atoms with Gasteiger partial charge in [0.25, 0.3) is 5.56 Å². The fourth-order valence-corrected chi connectivity index (χ4v) is 2.70. The van der Waals surface area contributed by atoms with Gasteiger partial charge in [-0.15, -0.1) is 0 Å². The summed E-state index contributed by atoms with van der Waals surface area (Å²) in [7, 11) is 0. The van der Waals surface area contributed by atoms with Gasteiger partial charge in [0.1, 0.15) is 17.3 Å². The molecule has 144 valence electrons. The number of nitrogens with two attached hydrogens (primary N) is 2. The Morgan fingerprint density at radius 1 is 1.21 bits per heavy atom. The number of carbonyl (C=O) groups is 1. The number of hydrogen-bond acceptors (Lipinski definition) is 7. The number of aromatic amines is 1. The van der Waals surface area contributed by atoms with Crippen LogP contribution in [0.5, 0.6) is 5.75 Å². The van der Waals surface area contributed by atoms with E-state index < -0.39 is 11.5 Å². The Kier molecular flexibility index (Phi) is 5.28. The molecule has 28 heavy (non-hydrogen) atoms. The molecule has 3 aromatic rings. The standard InChI is InChI=1S/C19H19N5O4/c1-2-28-14-9-12(16-22-17(24-21)15(20)18(25)23-16)7-8-13(14)10-3-5-11(6-4-10)19(26)27/h3-9H,2,20-21H2,1H3,(H,26,27)(H2,22,23,24,25). The molecule has 7 N–H and O–H groups in total. The maximum atomic E-state index is 12.0. The van der Waals surface area contributed by atoms with Crippen molar-refractivity contribution in [3.05, 3.63) is 58.4 Å². The Bertz CT molecular complexity index is 1080. The van der Waals surface area contributed by atoms with Crippen LogP contribution in [0.25, 0.3) is 22.5 Å². The highest BCUT2D eigenvalue weighted by atomic mass is 16.5. The van der Waals surface area contributed by atoms with E-state index in [-0.39, 0.29) is 22.9 Å². The van der Waals surface area contributed by atoms with Crippen LogP contribution in [0.2, 0.25) is 0 Å². The third-order valence-corrected chi connectivity index (χ3v) is 4.09. The Morgan fingerprint density at radius 2 is 1.89 bits per heavy atom. The summed E-state index contributed by atoms with van der Waals surface area (Å²) < 4.78 is 5.74. The molecular weight excluding hydrogens is 362 g/mol. The van der Waals surface area contributed by atoms with Crippen LogP contribution in [0.15, 0.2) is 47.3 Å². The molecule has 0 aliphatic carbocycles. The molecule has 0 amide bonds. The van der Waals surface area contributed by atoms with Crippen molar-refractivity contribution < 1.29 is 14.6 Å². The lowest BCUT2D eigenvalue weighted by molar-refractivity contribution is 0.0697. The number of carboxylic acids is 1. The summed E-state index contributed by atoms with van der Waals surface area (Å²) >= 11 is 0. The first kappa shape index (κ1) is 18.9. The van der Waals surface area contributed by atoms with E-state index in [0.717, 1.165) is 11.1 Å². The molecule has 1 heterocycles. The molecule has 3 rings (SSSR count). The summed E-state index contributed by atoms with van der Waals surface area (Å²) in [5.74, 6) is 5.29. The van der Waals surface area contributed by atoms with Crippen LogP contribution in [0, 0.1) is 0 Å². The van der Waals surface area contributed by atoms with Gasteiger partial charge >= 0.3 is 5.97 Å². The number of carboxylic acid groups (broad SMARTS) is 1. The number of rotatable bonds is 6. The van der Waals surface area contributed by atoms with Gasteiger partial charge in [-0.25, -0.2) is 15.6 Å². The Morgan fingerprint density at radius 3 is 2.50 bits per heavy atom. The van der Waals surface area contributed by atoms with E-state index >= 15 is 0 Å². The molecule has 1 aromatic heterocycles. The van der Waals surface area contributed by atoms with Crippen LogP contribution in [-0.4, -0.2) is 27.7 Å². The zero-order valence-corrected chi connectivity index (χ0v) is 15.0. The highest BCUT2D eigenvalue weighted by Gasteiger charge is 2.13. The molecule has 0 saturated carbocycles. The Hall–Kier alpha value is -3.85. The fourth-order valence-electron chi connectivity index (χ4n) is 2.70. The molecule has 0 radical (unpaired) electrons. The number of anilines is 2. The van der Waals surface area contributed by atoms with Gasteiger partial charge in [-0.1, -0.05) is 18.2 Å². The van der Waals surface area contributed by atoms with E-state index in [4.69, 9.17) is 21.4 Å². The number of nitrogen functional groups attached to an aromatic ring is 2. The summed E-state index contributed by atoms with van der Waals surface area (Å²) in [4.78, 5) is 29.8. The summed E-state index contributed by atoms with van der Waals surface area (Å²) in [5, 5.41) is 9.05. The van der Waals surface area contributed by atoms with Crippen LogP contribution in [0.1, 0.15) is 17.3 Å². The maximum absolute atomic E-state index is 12.0. The quantitative estimate of drug-likeness (QED) is 0.321. The second-order valence-electron chi connectivity index (χ2n) is 5.85. The van der Waals surface area contributed by atoms with Gasteiger partial charge < -0.3 is 26.0 Å². The molecule has 0 saturated heterocycles. The first-order valence-corrected chi connectivity index (χ1v) is 8.42. The summed E-state index contributed by atoms with van der Waals surface area (Å²) in [5.41, 5.74) is 9.69. The molecule has 0 aliphatic heterocycles. The number of H-pyrrole nitrogens is 1. The van der Waals surface area contributed by atoms with Crippen LogP contribution in [0.4, 0.5) is 11.5 Å². The minimum absolute atomic E-state index is 0.0741. The average molecular weight is 381 g/mol. The smallest absolute Gasteiger partial charge is 0.335 e. The first-order valence-electron chi connectivity index (χ1n) is 8.42. The number of ether oxygens (including phenoxy) is 1. The fraction of sp³-hybridized carbons (Fsp3) is 0.105. The van der Waals surface area contributed by atoms with Gasteiger partial charge in [-0.05, 0) is 36.8 Å². The number of nitrogens with zero attached hydrogens (tertiary/aromatic N) is 1. The van der Waals surface area contributed by atoms with E-state index in [1.54, 1.807) is 24.3 Å². The molecule has 0 aliphatic rings. The molecule has 0 spiro atoms. The third-order valence-electron chi connectivity index (χ3n) is 4.09. The highest BCUT2D eigenvalue weighted by molar-refractivity contribution is 5.88. The van der Waals surface area contributed by atoms with Crippen molar-refractivity contribution in [2.45, 2.75) is 6.92 Å². The van der Waals surface area contributed by atoms with E-state index in [2.05, 4.69) is 15.4 Å². The zero-order valence-electron chi connectivity index (χ0n) is 15.0. The molecular formula is C19H19N5O4. The number of hydrazine groups is 1. The molecule has 0 bridgehead atoms. The molecule has 2 aromatic carbocycles. The van der Waals surface area contributed by atoms with Crippen LogP contribution >= 0.6 is 0 Å². The number of aromatic carboxylic acids is 1. The first-order chi connectivity index (χ1) is 13.4. The predicted molar refractivity (Wildman–Crippen MR) is 106 cm³/mol. The molecule has 9 nitrogen and oxygen atoms in total. The van der Waals surface area contributed by atoms with Crippen molar-refractivity contribution in [2.75, 3.05) is 17.8 Å². The normalized spacial score (nSPS) is 10.5. The van der Waals surface area contributed by atoms with Crippen molar-refractivity contribution >= 4 is 17.5 Å². The number of nitrogens with one attached hydrogen (secondary N) is 2. The van der Waals surface area contributed by atoms with Gasteiger partial charge in [0.2, 0.25) is 0 Å². The number of hydrogen-bond donors (Lipinski definition) is 5. The molecule has 0 atom stereocenters. The minimum atomic E-state index is -0.991. The van der Waals surface area contributed by atoms with Crippen LogP contribution in [-0.2, 0) is 0 Å². The lowest BCUT2D eigenvalue weighted by Gasteiger charge is -2.13. The molecule has 0 fully saturated rings. The Labute approximate surface area is 160 Å². The minimum Gasteiger partial charge on any atom is -0.493 e. The Balaban J connectivity index is 2.08. The SMILES string of the molecule is CCOc1cc(-c2nc(NN)c(N)c(=O)[nH]2)ccc1-c1ccc(C(=O)O)cc1. The van der Waals surface area contributed by atoms with Crippen molar-refractivity contribution in [1.82, 2.24) is 9.97 Å². The van der Waals surface area contributed by atoms with E-state index in [0.29, 0.717) is 17.9 Å². The van der Waals surface area contributed by atoms with Crippen molar-refractivity contribution in [1.29, 1.82) is 0 Å². The third kappa shape index (κ3) is 3.64. The van der Waals surface area contributed by atoms with E-state index in [9.17, 15) is 9.59 Å². The van der Waals surface area contributed by atoms with Gasteiger partial charge in [0.05, 0.1) is 12.2 Å². The van der Waals surface area contributed by atoms with Gasteiger partial charge in [0, 0.05) is 11.1 Å².